The Kier molecular flexibility index (Phi) is 5.77. The van der Waals surface area contributed by atoms with E-state index in [1.807, 2.05) is 50.2 Å². The predicted molar refractivity (Wildman–Crippen MR) is 108 cm³/mol. The molecule has 8 nitrogen and oxygen atoms in total. The van der Waals surface area contributed by atoms with Crippen molar-refractivity contribution < 1.29 is 17.3 Å². The normalized spacial score (nSPS) is 11.8. The topological polar surface area (TPSA) is 112 Å². The number of aryl methyl sites for hydroxylation is 1. The highest BCUT2D eigenvalue weighted by molar-refractivity contribution is 7.89. The molecule has 9 heteroatoms. The van der Waals surface area contributed by atoms with E-state index in [0.717, 1.165) is 5.56 Å². The molecule has 1 N–H and O–H groups in total. The summed E-state index contributed by atoms with van der Waals surface area (Å²) < 4.78 is 38.5. The Bertz CT molecular complexity index is 1140. The highest BCUT2D eigenvalue weighted by Crippen LogP contribution is 2.32. The molecule has 0 aliphatic heterocycles. The average molecular weight is 414 g/mol. The minimum Gasteiger partial charge on any atom is -0.455 e. The van der Waals surface area contributed by atoms with Crippen LogP contribution in [0.2, 0.25) is 0 Å². The van der Waals surface area contributed by atoms with Crippen LogP contribution in [0.5, 0.6) is 0 Å². The smallest absolute Gasteiger partial charge is 0.266 e. The summed E-state index contributed by atoms with van der Waals surface area (Å²) in [6.45, 7) is 5.58. The number of hydrogen-bond acceptors (Lipinski definition) is 7. The van der Waals surface area contributed by atoms with Crippen LogP contribution in [0.3, 0.4) is 0 Å². The third-order valence-electron chi connectivity index (χ3n) is 4.17. The zero-order valence-electron chi connectivity index (χ0n) is 16.6. The van der Waals surface area contributed by atoms with Gasteiger partial charge in [-0.3, -0.25) is 0 Å². The highest BCUT2D eigenvalue weighted by atomic mass is 32.2. The molecule has 0 amide bonds. The molecule has 0 saturated carbocycles. The fourth-order valence-electron chi connectivity index (χ4n) is 2.78. The van der Waals surface area contributed by atoms with Crippen molar-refractivity contribution in [2.45, 2.75) is 38.3 Å². The van der Waals surface area contributed by atoms with Crippen molar-refractivity contribution in [1.29, 1.82) is 5.26 Å². The van der Waals surface area contributed by atoms with Gasteiger partial charge in [-0.15, -0.1) is 0 Å². The number of anilines is 1. The van der Waals surface area contributed by atoms with E-state index in [4.69, 9.17) is 8.83 Å². The Morgan fingerprint density at radius 1 is 1.24 bits per heavy atom. The SMILES string of the molecule is Cc1oc(-c2nc(C#N)c(NC(C)C)o2)cc1S(=O)(=O)N(C)Cc1ccccc1. The van der Waals surface area contributed by atoms with Gasteiger partial charge in [0.1, 0.15) is 16.7 Å². The highest BCUT2D eigenvalue weighted by Gasteiger charge is 2.28. The standard InChI is InChI=1S/C20H22N4O4S/c1-13(2)22-19-16(11-21)23-20(28-19)17-10-18(14(3)27-17)29(25,26)24(4)12-15-8-6-5-7-9-15/h5-10,13,22H,12H2,1-4H3. The van der Waals surface area contributed by atoms with Crippen LogP contribution in [-0.4, -0.2) is 30.8 Å². The molecular formula is C20H22N4O4S. The second-order valence-corrected chi connectivity index (χ2v) is 8.90. The van der Waals surface area contributed by atoms with Gasteiger partial charge in [0.2, 0.25) is 21.6 Å². The fourth-order valence-corrected chi connectivity index (χ4v) is 4.10. The van der Waals surface area contributed by atoms with Gasteiger partial charge in [-0.05, 0) is 26.3 Å². The lowest BCUT2D eigenvalue weighted by molar-refractivity contribution is 0.460. The summed E-state index contributed by atoms with van der Waals surface area (Å²) in [6.07, 6.45) is 0. The summed E-state index contributed by atoms with van der Waals surface area (Å²) in [5, 5.41) is 12.2. The maximum atomic E-state index is 13.0. The molecule has 0 aliphatic rings. The molecule has 0 radical (unpaired) electrons. The third kappa shape index (κ3) is 4.34. The van der Waals surface area contributed by atoms with Crippen molar-refractivity contribution in [2.24, 2.45) is 0 Å². The van der Waals surface area contributed by atoms with Gasteiger partial charge in [-0.2, -0.15) is 14.6 Å². The molecule has 0 unspecified atom stereocenters. The van der Waals surface area contributed by atoms with Crippen molar-refractivity contribution in [1.82, 2.24) is 9.29 Å². The minimum absolute atomic E-state index is 0.0287. The second-order valence-electron chi connectivity index (χ2n) is 6.89. The molecule has 1 aromatic carbocycles. The predicted octanol–water partition coefficient (Wildman–Crippen LogP) is 3.76. The van der Waals surface area contributed by atoms with Gasteiger partial charge >= 0.3 is 0 Å². The van der Waals surface area contributed by atoms with Crippen molar-refractivity contribution in [2.75, 3.05) is 12.4 Å². The van der Waals surface area contributed by atoms with Crippen LogP contribution in [0.4, 0.5) is 5.88 Å². The molecule has 0 atom stereocenters. The fraction of sp³-hybridized carbons (Fsp3) is 0.300. The number of hydrogen-bond donors (Lipinski definition) is 1. The molecule has 2 heterocycles. The van der Waals surface area contributed by atoms with E-state index in [2.05, 4.69) is 10.3 Å². The molecule has 0 bridgehead atoms. The van der Waals surface area contributed by atoms with Gasteiger partial charge in [-0.25, -0.2) is 8.42 Å². The van der Waals surface area contributed by atoms with E-state index < -0.39 is 10.0 Å². The van der Waals surface area contributed by atoms with Gasteiger partial charge in [0, 0.05) is 25.7 Å². The Morgan fingerprint density at radius 2 is 1.93 bits per heavy atom. The van der Waals surface area contributed by atoms with Gasteiger partial charge in [0.15, 0.2) is 5.76 Å². The first-order chi connectivity index (χ1) is 13.7. The zero-order valence-corrected chi connectivity index (χ0v) is 17.4. The van der Waals surface area contributed by atoms with Crippen LogP contribution in [0.15, 0.2) is 50.1 Å². The third-order valence-corrected chi connectivity index (χ3v) is 6.08. The molecule has 0 spiro atoms. The Morgan fingerprint density at radius 3 is 2.55 bits per heavy atom. The monoisotopic (exact) mass is 414 g/mol. The molecule has 2 aromatic heterocycles. The summed E-state index contributed by atoms with van der Waals surface area (Å²) in [7, 11) is -2.28. The van der Waals surface area contributed by atoms with Crippen LogP contribution in [0, 0.1) is 18.3 Å². The molecule has 152 valence electrons. The maximum Gasteiger partial charge on any atom is 0.266 e. The Hall–Kier alpha value is -3.09. The van der Waals surface area contributed by atoms with Crippen LogP contribution in [0.1, 0.15) is 30.9 Å². The molecule has 0 saturated heterocycles. The first kappa shape index (κ1) is 20.6. The van der Waals surface area contributed by atoms with Crippen LogP contribution in [0.25, 0.3) is 11.7 Å². The van der Waals surface area contributed by atoms with Crippen LogP contribution < -0.4 is 5.32 Å². The molecular weight excluding hydrogens is 392 g/mol. The molecule has 0 aliphatic carbocycles. The van der Waals surface area contributed by atoms with Gasteiger partial charge < -0.3 is 14.2 Å². The number of nitrogens with zero attached hydrogens (tertiary/aromatic N) is 3. The summed E-state index contributed by atoms with van der Waals surface area (Å²) in [5.74, 6) is 0.620. The molecule has 3 rings (SSSR count). The van der Waals surface area contributed by atoms with E-state index in [-0.39, 0.29) is 46.5 Å². The summed E-state index contributed by atoms with van der Waals surface area (Å²) in [4.78, 5) is 4.14. The number of benzene rings is 1. The number of nitrogens with one attached hydrogen (secondary N) is 1. The number of rotatable bonds is 7. The molecule has 3 aromatic rings. The van der Waals surface area contributed by atoms with E-state index in [1.165, 1.54) is 17.4 Å². The Labute approximate surface area is 169 Å². The van der Waals surface area contributed by atoms with Gasteiger partial charge in [-0.1, -0.05) is 30.3 Å². The van der Waals surface area contributed by atoms with Crippen LogP contribution in [-0.2, 0) is 16.6 Å². The number of sulfonamides is 1. The average Bonchev–Trinajstić information content (AvgIpc) is 3.25. The first-order valence-electron chi connectivity index (χ1n) is 9.01. The first-order valence-corrected chi connectivity index (χ1v) is 10.4. The Balaban J connectivity index is 1.92. The summed E-state index contributed by atoms with van der Waals surface area (Å²) in [5.41, 5.74) is 0.948. The van der Waals surface area contributed by atoms with Gasteiger partial charge in [0.25, 0.3) is 5.89 Å². The quantitative estimate of drug-likeness (QED) is 0.626. The number of aromatic nitrogens is 1. The van der Waals surface area contributed by atoms with E-state index >= 15 is 0 Å². The number of oxazole rings is 1. The van der Waals surface area contributed by atoms with Crippen molar-refractivity contribution in [3.63, 3.8) is 0 Å². The zero-order chi connectivity index (χ0) is 21.2. The largest absolute Gasteiger partial charge is 0.455 e. The van der Waals surface area contributed by atoms with Crippen molar-refractivity contribution >= 4 is 15.9 Å². The van der Waals surface area contributed by atoms with Gasteiger partial charge in [0.05, 0.1) is 0 Å². The maximum absolute atomic E-state index is 13.0. The number of nitriles is 1. The number of furan rings is 1. The van der Waals surface area contributed by atoms with E-state index in [1.54, 1.807) is 6.92 Å². The summed E-state index contributed by atoms with van der Waals surface area (Å²) in [6, 6.07) is 12.7. The van der Waals surface area contributed by atoms with Crippen molar-refractivity contribution in [3.05, 3.63) is 53.4 Å². The molecule has 0 fully saturated rings. The second kappa shape index (κ2) is 8.11. The van der Waals surface area contributed by atoms with E-state index in [9.17, 15) is 13.7 Å². The van der Waals surface area contributed by atoms with Crippen molar-refractivity contribution in [3.8, 4) is 17.7 Å². The van der Waals surface area contributed by atoms with E-state index in [0.29, 0.717) is 0 Å². The molecule has 29 heavy (non-hydrogen) atoms. The summed E-state index contributed by atoms with van der Waals surface area (Å²) >= 11 is 0. The lowest BCUT2D eigenvalue weighted by atomic mass is 10.2. The minimum atomic E-state index is -3.79. The van der Waals surface area contributed by atoms with Crippen LogP contribution >= 0.6 is 0 Å². The lowest BCUT2D eigenvalue weighted by Gasteiger charge is -2.16. The lowest BCUT2D eigenvalue weighted by Crippen LogP contribution is -2.26.